The molecular formula is C19H31IN4O. The number of nitrogens with zero attached hydrogens (tertiary/aromatic N) is 2. The van der Waals surface area contributed by atoms with Gasteiger partial charge in [0.15, 0.2) is 5.96 Å². The Morgan fingerprint density at radius 1 is 1.32 bits per heavy atom. The Labute approximate surface area is 168 Å². The minimum absolute atomic E-state index is 0. The molecule has 3 rings (SSSR count). The fraction of sp³-hybridized carbons (Fsp3) is 0.632. The van der Waals surface area contributed by atoms with Gasteiger partial charge in [-0.25, -0.2) is 4.99 Å². The molecule has 1 fully saturated rings. The van der Waals surface area contributed by atoms with Crippen LogP contribution in [-0.4, -0.2) is 41.6 Å². The summed E-state index contributed by atoms with van der Waals surface area (Å²) in [6.45, 7) is 5.78. The number of phenols is 1. The highest BCUT2D eigenvalue weighted by Crippen LogP contribution is 2.31. The molecule has 25 heavy (non-hydrogen) atoms. The molecule has 2 aliphatic rings. The second kappa shape index (κ2) is 9.62. The van der Waals surface area contributed by atoms with Crippen molar-refractivity contribution in [2.45, 2.75) is 58.0 Å². The monoisotopic (exact) mass is 458 g/mol. The summed E-state index contributed by atoms with van der Waals surface area (Å²) in [6, 6.07) is 4.41. The van der Waals surface area contributed by atoms with Crippen LogP contribution in [0.5, 0.6) is 5.75 Å². The van der Waals surface area contributed by atoms with E-state index in [9.17, 15) is 5.11 Å². The topological polar surface area (TPSA) is 73.9 Å². The number of guanidine groups is 1. The van der Waals surface area contributed by atoms with Crippen LogP contribution in [-0.2, 0) is 19.4 Å². The number of aliphatic imine (C=N–C) groups is 1. The molecular weight excluding hydrogens is 427 g/mol. The third-order valence-electron chi connectivity index (χ3n) is 5.46. The molecule has 1 unspecified atom stereocenters. The Balaban J connectivity index is 0.00000225. The molecule has 1 heterocycles. The molecule has 1 aromatic carbocycles. The van der Waals surface area contributed by atoms with Gasteiger partial charge in [0.2, 0.25) is 0 Å². The van der Waals surface area contributed by atoms with Crippen molar-refractivity contribution in [1.82, 2.24) is 10.2 Å². The van der Waals surface area contributed by atoms with Gasteiger partial charge in [-0.1, -0.05) is 13.0 Å². The van der Waals surface area contributed by atoms with Gasteiger partial charge < -0.3 is 16.2 Å². The van der Waals surface area contributed by atoms with E-state index in [2.05, 4.69) is 28.2 Å². The normalized spacial score (nSPS) is 20.8. The van der Waals surface area contributed by atoms with Crippen molar-refractivity contribution < 1.29 is 5.11 Å². The maximum Gasteiger partial charge on any atom is 0.188 e. The number of aromatic hydroxyl groups is 1. The third-order valence-corrected chi connectivity index (χ3v) is 5.46. The SMILES string of the molecule is CCN1CCCC1CNC(N)=NCc1c(O)ccc2c1CCCC2.I. The molecule has 1 atom stereocenters. The molecule has 1 aliphatic carbocycles. The van der Waals surface area contributed by atoms with E-state index < -0.39 is 0 Å². The smallest absolute Gasteiger partial charge is 0.188 e. The summed E-state index contributed by atoms with van der Waals surface area (Å²) in [5, 5.41) is 13.5. The second-order valence-electron chi connectivity index (χ2n) is 6.92. The van der Waals surface area contributed by atoms with Gasteiger partial charge in [-0.15, -0.1) is 24.0 Å². The zero-order valence-corrected chi connectivity index (χ0v) is 17.5. The number of halogens is 1. The van der Waals surface area contributed by atoms with Crippen LogP contribution in [0.25, 0.3) is 0 Å². The predicted molar refractivity (Wildman–Crippen MR) is 114 cm³/mol. The zero-order valence-electron chi connectivity index (χ0n) is 15.1. The van der Waals surface area contributed by atoms with E-state index in [1.807, 2.05) is 0 Å². The number of likely N-dealkylation sites (tertiary alicyclic amines) is 1. The first-order valence-electron chi connectivity index (χ1n) is 9.29. The van der Waals surface area contributed by atoms with Crippen LogP contribution < -0.4 is 11.1 Å². The lowest BCUT2D eigenvalue weighted by molar-refractivity contribution is 0.267. The summed E-state index contributed by atoms with van der Waals surface area (Å²) in [5.74, 6) is 0.825. The standard InChI is InChI=1S/C19H30N4O.HI/c1-2-23-11-5-7-15(23)12-21-19(20)22-13-17-16-8-4-3-6-14(16)9-10-18(17)24;/h9-10,15,24H,2-8,11-13H2,1H3,(H3,20,21,22);1H. The van der Waals surface area contributed by atoms with E-state index in [1.54, 1.807) is 6.07 Å². The van der Waals surface area contributed by atoms with E-state index >= 15 is 0 Å². The molecule has 1 aromatic rings. The Morgan fingerprint density at radius 3 is 2.92 bits per heavy atom. The summed E-state index contributed by atoms with van der Waals surface area (Å²) in [6.07, 6.45) is 7.06. The summed E-state index contributed by atoms with van der Waals surface area (Å²) in [4.78, 5) is 6.97. The number of rotatable bonds is 5. The maximum absolute atomic E-state index is 10.2. The summed E-state index contributed by atoms with van der Waals surface area (Å²) < 4.78 is 0. The second-order valence-corrected chi connectivity index (χ2v) is 6.92. The lowest BCUT2D eigenvalue weighted by Gasteiger charge is -2.23. The molecule has 0 saturated carbocycles. The van der Waals surface area contributed by atoms with Crippen LogP contribution in [0.3, 0.4) is 0 Å². The Hall–Kier alpha value is -1.02. The van der Waals surface area contributed by atoms with Gasteiger partial charge >= 0.3 is 0 Å². The van der Waals surface area contributed by atoms with Crippen molar-refractivity contribution in [3.05, 3.63) is 28.8 Å². The number of benzene rings is 1. The fourth-order valence-corrected chi connectivity index (χ4v) is 4.05. The van der Waals surface area contributed by atoms with Crippen LogP contribution in [0.15, 0.2) is 17.1 Å². The van der Waals surface area contributed by atoms with Crippen LogP contribution in [0.2, 0.25) is 0 Å². The summed E-state index contributed by atoms with van der Waals surface area (Å²) in [5.41, 5.74) is 9.65. The first kappa shape index (κ1) is 20.3. The van der Waals surface area contributed by atoms with Gasteiger partial charge in [0, 0.05) is 18.2 Å². The number of nitrogens with two attached hydrogens (primary N) is 1. The average Bonchev–Trinajstić information content (AvgIpc) is 3.06. The van der Waals surface area contributed by atoms with Gasteiger partial charge in [0.1, 0.15) is 5.75 Å². The van der Waals surface area contributed by atoms with E-state index in [-0.39, 0.29) is 24.0 Å². The van der Waals surface area contributed by atoms with Gasteiger partial charge in [-0.3, -0.25) is 4.90 Å². The van der Waals surface area contributed by atoms with Crippen LogP contribution >= 0.6 is 24.0 Å². The lowest BCUT2D eigenvalue weighted by Crippen LogP contribution is -2.42. The molecule has 0 bridgehead atoms. The van der Waals surface area contributed by atoms with Gasteiger partial charge in [-0.2, -0.15) is 0 Å². The molecule has 0 spiro atoms. The van der Waals surface area contributed by atoms with E-state index in [0.29, 0.717) is 24.3 Å². The van der Waals surface area contributed by atoms with Crippen LogP contribution in [0, 0.1) is 0 Å². The number of phenolic OH excluding ortho intramolecular Hbond substituents is 1. The van der Waals surface area contributed by atoms with E-state index in [4.69, 9.17) is 5.73 Å². The summed E-state index contributed by atoms with van der Waals surface area (Å²) >= 11 is 0. The Kier molecular flexibility index (Phi) is 7.81. The number of hydrogen-bond acceptors (Lipinski definition) is 3. The van der Waals surface area contributed by atoms with Crippen molar-refractivity contribution >= 4 is 29.9 Å². The number of fused-ring (bicyclic) bond motifs is 1. The van der Waals surface area contributed by atoms with E-state index in [1.165, 1.54) is 43.4 Å². The highest BCUT2D eigenvalue weighted by molar-refractivity contribution is 14.0. The van der Waals surface area contributed by atoms with Gasteiger partial charge in [0.25, 0.3) is 0 Å². The van der Waals surface area contributed by atoms with Crippen molar-refractivity contribution in [2.75, 3.05) is 19.6 Å². The fourth-order valence-electron chi connectivity index (χ4n) is 4.05. The highest BCUT2D eigenvalue weighted by atomic mass is 127. The van der Waals surface area contributed by atoms with Crippen LogP contribution in [0.4, 0.5) is 0 Å². The molecule has 4 N–H and O–H groups in total. The van der Waals surface area contributed by atoms with Crippen molar-refractivity contribution in [3.63, 3.8) is 0 Å². The number of nitrogens with one attached hydrogen (secondary N) is 1. The first-order chi connectivity index (χ1) is 11.7. The largest absolute Gasteiger partial charge is 0.508 e. The molecule has 0 radical (unpaired) electrons. The molecule has 5 nitrogen and oxygen atoms in total. The Bertz CT molecular complexity index is 605. The van der Waals surface area contributed by atoms with E-state index in [0.717, 1.165) is 31.5 Å². The Morgan fingerprint density at radius 2 is 2.12 bits per heavy atom. The molecule has 0 aromatic heterocycles. The number of aryl methyl sites for hydroxylation is 1. The molecule has 0 amide bonds. The summed E-state index contributed by atoms with van der Waals surface area (Å²) in [7, 11) is 0. The first-order valence-corrected chi connectivity index (χ1v) is 9.29. The number of hydrogen-bond donors (Lipinski definition) is 3. The average molecular weight is 458 g/mol. The molecule has 140 valence electrons. The minimum atomic E-state index is 0. The number of likely N-dealkylation sites (N-methyl/N-ethyl adjacent to an activating group) is 1. The third kappa shape index (κ3) is 5.00. The van der Waals surface area contributed by atoms with Crippen molar-refractivity contribution in [1.29, 1.82) is 0 Å². The van der Waals surface area contributed by atoms with Crippen molar-refractivity contribution in [3.8, 4) is 5.75 Å². The van der Waals surface area contributed by atoms with Gasteiger partial charge in [0.05, 0.1) is 6.54 Å². The van der Waals surface area contributed by atoms with Crippen molar-refractivity contribution in [2.24, 2.45) is 10.7 Å². The zero-order chi connectivity index (χ0) is 16.9. The maximum atomic E-state index is 10.2. The highest BCUT2D eigenvalue weighted by Gasteiger charge is 2.22. The quantitative estimate of drug-likeness (QED) is 0.361. The predicted octanol–water partition coefficient (Wildman–Crippen LogP) is 2.78. The molecule has 1 aliphatic heterocycles. The van der Waals surface area contributed by atoms with Crippen LogP contribution in [0.1, 0.15) is 49.3 Å². The minimum Gasteiger partial charge on any atom is -0.508 e. The molecule has 6 heteroatoms. The van der Waals surface area contributed by atoms with Gasteiger partial charge in [-0.05, 0) is 68.8 Å². The lowest BCUT2D eigenvalue weighted by atomic mass is 9.88. The molecule has 1 saturated heterocycles.